The van der Waals surface area contributed by atoms with Crippen LogP contribution in [0.2, 0.25) is 0 Å². The molecule has 0 heterocycles. The molecule has 0 aliphatic rings. The van der Waals surface area contributed by atoms with Crippen molar-refractivity contribution in [3.05, 3.63) is 69.9 Å². The molecule has 0 saturated carbocycles. The van der Waals surface area contributed by atoms with Gasteiger partial charge in [-0.25, -0.2) is 4.39 Å². The van der Waals surface area contributed by atoms with E-state index in [1.165, 1.54) is 11.6 Å². The van der Waals surface area contributed by atoms with Gasteiger partial charge in [0.05, 0.1) is 0 Å². The van der Waals surface area contributed by atoms with Crippen LogP contribution in [0.15, 0.2) is 53.0 Å². The fourth-order valence-corrected chi connectivity index (χ4v) is 3.03. The first-order valence-electron chi connectivity index (χ1n) is 6.88. The zero-order valence-corrected chi connectivity index (χ0v) is 13.3. The molecule has 1 N–H and O–H groups in total. The number of halogens is 2. The van der Waals surface area contributed by atoms with Crippen molar-refractivity contribution >= 4 is 15.9 Å². The summed E-state index contributed by atoms with van der Waals surface area (Å²) in [7, 11) is 0. The van der Waals surface area contributed by atoms with Crippen LogP contribution in [0, 0.1) is 5.82 Å². The summed E-state index contributed by atoms with van der Waals surface area (Å²) >= 11 is 3.57. The van der Waals surface area contributed by atoms with Crippen LogP contribution in [0.1, 0.15) is 43.5 Å². The van der Waals surface area contributed by atoms with Crippen LogP contribution in [-0.2, 0) is 0 Å². The van der Waals surface area contributed by atoms with E-state index in [1.807, 2.05) is 30.3 Å². The number of hydrogen-bond donors (Lipinski definition) is 1. The molecular weight excluding hydrogens is 317 g/mol. The van der Waals surface area contributed by atoms with Gasteiger partial charge in [-0.1, -0.05) is 59.3 Å². The quantitative estimate of drug-likeness (QED) is 0.772. The molecule has 0 radical (unpaired) electrons. The van der Waals surface area contributed by atoms with Crippen molar-refractivity contribution < 1.29 is 4.39 Å². The van der Waals surface area contributed by atoms with E-state index in [1.54, 1.807) is 6.07 Å². The molecule has 2 unspecified atom stereocenters. The summed E-state index contributed by atoms with van der Waals surface area (Å²) in [4.78, 5) is 0. The number of hydrogen-bond acceptors (Lipinski definition) is 1. The molecule has 20 heavy (non-hydrogen) atoms. The van der Waals surface area contributed by atoms with Crippen molar-refractivity contribution in [3.63, 3.8) is 0 Å². The average Bonchev–Trinajstić information content (AvgIpc) is 2.46. The second-order valence-corrected chi connectivity index (χ2v) is 5.75. The van der Waals surface area contributed by atoms with Gasteiger partial charge in [-0.05, 0) is 31.0 Å². The van der Waals surface area contributed by atoms with E-state index in [0.29, 0.717) is 0 Å². The summed E-state index contributed by atoms with van der Waals surface area (Å²) < 4.78 is 15.0. The summed E-state index contributed by atoms with van der Waals surface area (Å²) in [6, 6.07) is 15.2. The third kappa shape index (κ3) is 3.47. The summed E-state index contributed by atoms with van der Waals surface area (Å²) in [5, 5.41) is 3.51. The molecule has 0 aliphatic heterocycles. The minimum Gasteiger partial charge on any atom is -0.303 e. The maximum Gasteiger partial charge on any atom is 0.127 e. The van der Waals surface area contributed by atoms with E-state index in [0.717, 1.165) is 16.5 Å². The van der Waals surface area contributed by atoms with E-state index < -0.39 is 0 Å². The minimum absolute atomic E-state index is 0.0123. The first kappa shape index (κ1) is 15.2. The molecule has 1 nitrogen and oxygen atoms in total. The second-order valence-electron chi connectivity index (χ2n) is 4.89. The molecule has 106 valence electrons. The van der Waals surface area contributed by atoms with Crippen LogP contribution in [0.25, 0.3) is 0 Å². The fourth-order valence-electron chi connectivity index (χ4n) is 2.40. The summed E-state index contributed by atoms with van der Waals surface area (Å²) in [6.45, 7) is 4.17. The molecule has 0 aromatic heterocycles. The molecule has 0 bridgehead atoms. The Morgan fingerprint density at radius 1 is 1.05 bits per heavy atom. The first-order valence-corrected chi connectivity index (χ1v) is 7.67. The highest BCUT2D eigenvalue weighted by molar-refractivity contribution is 9.10. The van der Waals surface area contributed by atoms with Gasteiger partial charge in [0.1, 0.15) is 5.82 Å². The van der Waals surface area contributed by atoms with Gasteiger partial charge in [0.15, 0.2) is 0 Å². The number of benzene rings is 2. The topological polar surface area (TPSA) is 12.0 Å². The Hall–Kier alpha value is -1.19. The molecular formula is C17H19BrFN. The lowest BCUT2D eigenvalue weighted by atomic mass is 10.0. The van der Waals surface area contributed by atoms with E-state index in [-0.39, 0.29) is 17.9 Å². The molecule has 0 fully saturated rings. The Morgan fingerprint density at radius 3 is 2.25 bits per heavy atom. The summed E-state index contributed by atoms with van der Waals surface area (Å²) in [5.41, 5.74) is 1.91. The lowest BCUT2D eigenvalue weighted by molar-refractivity contribution is 0.438. The fraction of sp³-hybridized carbons (Fsp3) is 0.294. The first-order chi connectivity index (χ1) is 9.63. The Kier molecular flexibility index (Phi) is 5.32. The smallest absolute Gasteiger partial charge is 0.127 e. The number of nitrogens with one attached hydrogen (secondary N) is 1. The van der Waals surface area contributed by atoms with Crippen LogP contribution < -0.4 is 5.32 Å². The minimum atomic E-state index is -0.147. The summed E-state index contributed by atoms with van der Waals surface area (Å²) in [5.74, 6) is -0.147. The van der Waals surface area contributed by atoms with E-state index in [9.17, 15) is 4.39 Å². The van der Waals surface area contributed by atoms with Crippen LogP contribution in [-0.4, -0.2) is 0 Å². The van der Waals surface area contributed by atoms with Crippen LogP contribution in [0.4, 0.5) is 4.39 Å². The lowest BCUT2D eigenvalue weighted by Gasteiger charge is -2.24. The Morgan fingerprint density at radius 2 is 1.65 bits per heavy atom. The molecule has 0 saturated heterocycles. The Labute approximate surface area is 128 Å². The molecule has 2 aromatic rings. The van der Waals surface area contributed by atoms with Crippen molar-refractivity contribution in [1.29, 1.82) is 0 Å². The van der Waals surface area contributed by atoms with Crippen molar-refractivity contribution in [3.8, 4) is 0 Å². The molecule has 0 aliphatic carbocycles. The van der Waals surface area contributed by atoms with E-state index in [4.69, 9.17) is 0 Å². The molecule has 3 heteroatoms. The highest BCUT2D eigenvalue weighted by Crippen LogP contribution is 2.27. The molecule has 2 atom stereocenters. The second kappa shape index (κ2) is 7.00. The number of rotatable bonds is 5. The third-order valence-electron chi connectivity index (χ3n) is 3.51. The van der Waals surface area contributed by atoms with Crippen molar-refractivity contribution in [2.24, 2.45) is 0 Å². The van der Waals surface area contributed by atoms with Crippen LogP contribution in [0.5, 0.6) is 0 Å². The SMILES string of the molecule is CCC(NC(C)c1ccccc1Br)c1ccccc1F. The van der Waals surface area contributed by atoms with Crippen molar-refractivity contribution in [1.82, 2.24) is 5.32 Å². The van der Waals surface area contributed by atoms with Gasteiger partial charge in [-0.2, -0.15) is 0 Å². The van der Waals surface area contributed by atoms with E-state index >= 15 is 0 Å². The van der Waals surface area contributed by atoms with Gasteiger partial charge in [-0.3, -0.25) is 0 Å². The van der Waals surface area contributed by atoms with Crippen LogP contribution >= 0.6 is 15.9 Å². The monoisotopic (exact) mass is 335 g/mol. The van der Waals surface area contributed by atoms with Gasteiger partial charge >= 0.3 is 0 Å². The molecule has 0 spiro atoms. The van der Waals surface area contributed by atoms with Gasteiger partial charge in [0, 0.05) is 22.1 Å². The average molecular weight is 336 g/mol. The van der Waals surface area contributed by atoms with Gasteiger partial charge in [-0.15, -0.1) is 0 Å². The zero-order valence-electron chi connectivity index (χ0n) is 11.7. The zero-order chi connectivity index (χ0) is 14.5. The highest BCUT2D eigenvalue weighted by atomic mass is 79.9. The Balaban J connectivity index is 2.19. The van der Waals surface area contributed by atoms with Gasteiger partial charge in [0.2, 0.25) is 0 Å². The normalized spacial score (nSPS) is 14.0. The largest absolute Gasteiger partial charge is 0.303 e. The van der Waals surface area contributed by atoms with Gasteiger partial charge < -0.3 is 5.32 Å². The highest BCUT2D eigenvalue weighted by Gasteiger charge is 2.17. The maximum absolute atomic E-state index is 13.9. The standard InChI is InChI=1S/C17H19BrFN/c1-3-17(14-9-5-7-11-16(14)19)20-12(2)13-8-4-6-10-15(13)18/h4-12,17,20H,3H2,1-2H3. The van der Waals surface area contributed by atoms with Crippen LogP contribution in [0.3, 0.4) is 0 Å². The lowest BCUT2D eigenvalue weighted by Crippen LogP contribution is -2.25. The summed E-state index contributed by atoms with van der Waals surface area (Å²) in [6.07, 6.45) is 0.843. The predicted molar refractivity (Wildman–Crippen MR) is 85.1 cm³/mol. The molecule has 2 rings (SSSR count). The van der Waals surface area contributed by atoms with Gasteiger partial charge in [0.25, 0.3) is 0 Å². The third-order valence-corrected chi connectivity index (χ3v) is 4.23. The van der Waals surface area contributed by atoms with Crippen molar-refractivity contribution in [2.75, 3.05) is 0 Å². The van der Waals surface area contributed by atoms with E-state index in [2.05, 4.69) is 41.2 Å². The maximum atomic E-state index is 13.9. The van der Waals surface area contributed by atoms with Crippen molar-refractivity contribution in [2.45, 2.75) is 32.4 Å². The molecule has 0 amide bonds. The molecule has 2 aromatic carbocycles. The predicted octanol–water partition coefficient (Wildman–Crippen LogP) is 5.39. The Bertz CT molecular complexity index is 570.